The highest BCUT2D eigenvalue weighted by Gasteiger charge is 2.30. The molecule has 110 valence electrons. The first-order chi connectivity index (χ1) is 9.01. The van der Waals surface area contributed by atoms with Crippen molar-refractivity contribution in [1.29, 1.82) is 0 Å². The first kappa shape index (κ1) is 16.7. The number of aromatic nitrogens is 2. The Balaban J connectivity index is 3.11. The molecule has 0 bridgehead atoms. The van der Waals surface area contributed by atoms with Gasteiger partial charge in [-0.3, -0.25) is 0 Å². The summed E-state index contributed by atoms with van der Waals surface area (Å²) in [5.74, 6) is 0. The van der Waals surface area contributed by atoms with Crippen molar-refractivity contribution in [2.24, 2.45) is 0 Å². The zero-order valence-electron chi connectivity index (χ0n) is 11.7. The second kappa shape index (κ2) is 7.40. The van der Waals surface area contributed by atoms with Gasteiger partial charge in [-0.15, -0.1) is 0 Å². The van der Waals surface area contributed by atoms with Gasteiger partial charge in [0.2, 0.25) is 0 Å². The topological polar surface area (TPSA) is 55.2 Å². The quantitative estimate of drug-likeness (QED) is 0.676. The van der Waals surface area contributed by atoms with Crippen LogP contribution in [-0.4, -0.2) is 40.2 Å². The highest BCUT2D eigenvalue weighted by atomic mass is 79.9. The smallest absolute Gasteiger partial charge is 0.262 e. The number of sulfonamides is 1. The minimum atomic E-state index is -3.50. The molecule has 0 saturated carbocycles. The maximum atomic E-state index is 12.6. The van der Waals surface area contributed by atoms with E-state index in [1.807, 2.05) is 20.8 Å². The predicted molar refractivity (Wildman–Crippen MR) is 80.0 cm³/mol. The van der Waals surface area contributed by atoms with Gasteiger partial charge in [0.1, 0.15) is 0 Å². The number of alkyl halides is 1. The molecule has 1 rings (SSSR count). The Morgan fingerprint density at radius 1 is 1.37 bits per heavy atom. The lowest BCUT2D eigenvalue weighted by Crippen LogP contribution is -2.41. The molecule has 0 saturated heterocycles. The molecule has 0 radical (unpaired) electrons. The van der Waals surface area contributed by atoms with Gasteiger partial charge in [-0.05, 0) is 19.8 Å². The SMILES string of the molecule is CCC(CC)N(CCBr)S(=O)(=O)c1cn(CC)cn1. The molecule has 0 aliphatic rings. The fourth-order valence-corrected chi connectivity index (χ4v) is 4.37. The van der Waals surface area contributed by atoms with Crippen LogP contribution in [0.15, 0.2) is 17.6 Å². The first-order valence-electron chi connectivity index (χ1n) is 6.60. The molecule has 0 spiro atoms. The molecule has 19 heavy (non-hydrogen) atoms. The molecule has 1 aromatic rings. The van der Waals surface area contributed by atoms with E-state index in [1.54, 1.807) is 21.4 Å². The van der Waals surface area contributed by atoms with Crippen LogP contribution in [0, 0.1) is 0 Å². The zero-order chi connectivity index (χ0) is 14.5. The van der Waals surface area contributed by atoms with Gasteiger partial charge in [-0.1, -0.05) is 29.8 Å². The van der Waals surface area contributed by atoms with Crippen molar-refractivity contribution < 1.29 is 8.42 Å². The van der Waals surface area contributed by atoms with Gasteiger partial charge in [-0.25, -0.2) is 13.4 Å². The summed E-state index contributed by atoms with van der Waals surface area (Å²) in [6.45, 7) is 7.15. The third-order valence-corrected chi connectivity index (χ3v) is 5.39. The average molecular weight is 352 g/mol. The van der Waals surface area contributed by atoms with E-state index in [4.69, 9.17) is 0 Å². The Kier molecular flexibility index (Phi) is 6.49. The molecule has 0 aliphatic carbocycles. The lowest BCUT2D eigenvalue weighted by atomic mass is 10.2. The molecular weight excluding hydrogens is 330 g/mol. The summed E-state index contributed by atoms with van der Waals surface area (Å²) in [6.07, 6.45) is 4.76. The van der Waals surface area contributed by atoms with Gasteiger partial charge in [0.25, 0.3) is 10.0 Å². The number of halogens is 1. The van der Waals surface area contributed by atoms with Crippen LogP contribution in [0.3, 0.4) is 0 Å². The molecule has 0 atom stereocenters. The Morgan fingerprint density at radius 2 is 2.00 bits per heavy atom. The Hall–Kier alpha value is -0.400. The monoisotopic (exact) mass is 351 g/mol. The molecule has 0 fully saturated rings. The predicted octanol–water partition coefficient (Wildman–Crippen LogP) is 2.48. The summed E-state index contributed by atoms with van der Waals surface area (Å²) in [5.41, 5.74) is 0. The highest BCUT2D eigenvalue weighted by molar-refractivity contribution is 9.09. The van der Waals surface area contributed by atoms with Crippen LogP contribution in [0.1, 0.15) is 33.6 Å². The van der Waals surface area contributed by atoms with Crippen molar-refractivity contribution in [3.63, 3.8) is 0 Å². The lowest BCUT2D eigenvalue weighted by molar-refractivity contribution is 0.316. The van der Waals surface area contributed by atoms with Gasteiger partial charge in [0, 0.05) is 30.7 Å². The van der Waals surface area contributed by atoms with Crippen LogP contribution in [0.4, 0.5) is 0 Å². The Bertz CT molecular complexity index is 483. The van der Waals surface area contributed by atoms with Crippen LogP contribution in [0.2, 0.25) is 0 Å². The van der Waals surface area contributed by atoms with E-state index in [9.17, 15) is 8.42 Å². The molecule has 5 nitrogen and oxygen atoms in total. The summed E-state index contributed by atoms with van der Waals surface area (Å²) >= 11 is 3.33. The minimum absolute atomic E-state index is 0.0225. The van der Waals surface area contributed by atoms with E-state index >= 15 is 0 Å². The van der Waals surface area contributed by atoms with Crippen molar-refractivity contribution in [2.45, 2.75) is 51.2 Å². The van der Waals surface area contributed by atoms with Gasteiger partial charge in [-0.2, -0.15) is 4.31 Å². The largest absolute Gasteiger partial charge is 0.336 e. The molecule has 0 unspecified atom stereocenters. The van der Waals surface area contributed by atoms with Gasteiger partial charge >= 0.3 is 0 Å². The van der Waals surface area contributed by atoms with E-state index in [2.05, 4.69) is 20.9 Å². The Morgan fingerprint density at radius 3 is 2.42 bits per heavy atom. The molecule has 1 heterocycles. The Labute approximate surface area is 124 Å². The van der Waals surface area contributed by atoms with Crippen molar-refractivity contribution in [2.75, 3.05) is 11.9 Å². The summed E-state index contributed by atoms with van der Waals surface area (Å²) in [7, 11) is -3.50. The summed E-state index contributed by atoms with van der Waals surface area (Å²) in [4.78, 5) is 4.03. The zero-order valence-corrected chi connectivity index (χ0v) is 14.1. The van der Waals surface area contributed by atoms with E-state index < -0.39 is 10.0 Å². The lowest BCUT2D eigenvalue weighted by Gasteiger charge is -2.28. The van der Waals surface area contributed by atoms with Gasteiger partial charge in [0.15, 0.2) is 5.03 Å². The number of nitrogens with zero attached hydrogens (tertiary/aromatic N) is 3. The number of rotatable bonds is 8. The number of aryl methyl sites for hydroxylation is 1. The minimum Gasteiger partial charge on any atom is -0.336 e. The van der Waals surface area contributed by atoms with E-state index in [-0.39, 0.29) is 11.1 Å². The second-order valence-corrected chi connectivity index (χ2v) is 6.95. The third kappa shape index (κ3) is 3.79. The third-order valence-electron chi connectivity index (χ3n) is 3.20. The van der Waals surface area contributed by atoms with Crippen molar-refractivity contribution in [3.05, 3.63) is 12.5 Å². The van der Waals surface area contributed by atoms with Crippen LogP contribution >= 0.6 is 15.9 Å². The molecule has 7 heteroatoms. The molecule has 0 N–H and O–H groups in total. The van der Waals surface area contributed by atoms with Crippen molar-refractivity contribution >= 4 is 26.0 Å². The summed E-state index contributed by atoms with van der Waals surface area (Å²) in [5, 5.41) is 0.763. The molecule has 0 aliphatic heterocycles. The fraction of sp³-hybridized carbons (Fsp3) is 0.750. The number of hydrogen-bond donors (Lipinski definition) is 0. The molecule has 1 aromatic heterocycles. The maximum Gasteiger partial charge on any atom is 0.262 e. The van der Waals surface area contributed by atoms with E-state index in [0.29, 0.717) is 18.4 Å². The molecule has 0 amide bonds. The number of imidazole rings is 1. The standard InChI is InChI=1S/C12H22BrN3O2S/c1-4-11(5-2)16(8-7-13)19(17,18)12-9-15(6-3)10-14-12/h9-11H,4-8H2,1-3H3. The van der Waals surface area contributed by atoms with Crippen molar-refractivity contribution in [1.82, 2.24) is 13.9 Å². The van der Waals surface area contributed by atoms with Gasteiger partial charge < -0.3 is 4.57 Å². The summed E-state index contributed by atoms with van der Waals surface area (Å²) < 4.78 is 28.6. The van der Waals surface area contributed by atoms with Gasteiger partial charge in [0.05, 0.1) is 6.33 Å². The van der Waals surface area contributed by atoms with Crippen molar-refractivity contribution in [3.8, 4) is 0 Å². The van der Waals surface area contributed by atoms with E-state index in [0.717, 1.165) is 12.8 Å². The van der Waals surface area contributed by atoms with Crippen LogP contribution < -0.4 is 0 Å². The first-order valence-corrected chi connectivity index (χ1v) is 9.16. The molecular formula is C12H22BrN3O2S. The highest BCUT2D eigenvalue weighted by Crippen LogP contribution is 2.20. The maximum absolute atomic E-state index is 12.6. The van der Waals surface area contributed by atoms with Crippen LogP contribution in [-0.2, 0) is 16.6 Å². The van der Waals surface area contributed by atoms with E-state index in [1.165, 1.54) is 0 Å². The second-order valence-electron chi connectivity index (χ2n) is 4.32. The summed E-state index contributed by atoms with van der Waals surface area (Å²) in [6, 6.07) is 0.0225. The van der Waals surface area contributed by atoms with Crippen LogP contribution in [0.5, 0.6) is 0 Å². The average Bonchev–Trinajstić information content (AvgIpc) is 2.88. The molecule has 0 aromatic carbocycles. The number of hydrogen-bond acceptors (Lipinski definition) is 3. The van der Waals surface area contributed by atoms with Crippen LogP contribution in [0.25, 0.3) is 0 Å². The normalized spacial score (nSPS) is 12.5. The fourth-order valence-electron chi connectivity index (χ4n) is 2.04.